The van der Waals surface area contributed by atoms with Crippen LogP contribution in [0.15, 0.2) is 18.2 Å². The normalized spacial score (nSPS) is 18.7. The number of nitrogens with one attached hydrogen (secondary N) is 1. The van der Waals surface area contributed by atoms with E-state index < -0.39 is 23.3 Å². The van der Waals surface area contributed by atoms with E-state index in [0.29, 0.717) is 25.2 Å². The summed E-state index contributed by atoms with van der Waals surface area (Å²) in [4.78, 5) is 13.5. The first-order valence-corrected chi connectivity index (χ1v) is 6.93. The van der Waals surface area contributed by atoms with Crippen LogP contribution in [0.4, 0.5) is 19.3 Å². The van der Waals surface area contributed by atoms with Crippen LogP contribution < -0.4 is 10.2 Å². The summed E-state index contributed by atoms with van der Waals surface area (Å²) >= 11 is 0. The molecule has 1 aliphatic heterocycles. The number of nitrogens with zero attached hydrogens (tertiary/aromatic N) is 1. The largest absolute Gasteiger partial charge is 0.444 e. The van der Waals surface area contributed by atoms with Crippen LogP contribution in [0, 0.1) is 11.6 Å². The molecule has 116 valence electrons. The Kier molecular flexibility index (Phi) is 4.34. The number of halogens is 2. The Morgan fingerprint density at radius 1 is 1.29 bits per heavy atom. The van der Waals surface area contributed by atoms with Crippen molar-refractivity contribution in [2.24, 2.45) is 0 Å². The van der Waals surface area contributed by atoms with Gasteiger partial charge in [0.25, 0.3) is 0 Å². The van der Waals surface area contributed by atoms with Crippen LogP contribution in [0.2, 0.25) is 0 Å². The SMILES string of the molecule is CC(C)(C)OC(=O)NC1CCN(c2cc(F)cc(F)c2)C1. The van der Waals surface area contributed by atoms with Gasteiger partial charge in [0.2, 0.25) is 0 Å². The number of alkyl carbamates (subject to hydrolysis) is 1. The van der Waals surface area contributed by atoms with Crippen molar-refractivity contribution in [3.05, 3.63) is 29.8 Å². The van der Waals surface area contributed by atoms with Gasteiger partial charge in [0, 0.05) is 24.8 Å². The number of carbonyl (C=O) groups excluding carboxylic acids is 1. The molecule has 0 saturated carbocycles. The molecule has 4 nitrogen and oxygen atoms in total. The summed E-state index contributed by atoms with van der Waals surface area (Å²) in [5, 5.41) is 2.77. The van der Waals surface area contributed by atoms with Gasteiger partial charge in [-0.1, -0.05) is 0 Å². The van der Waals surface area contributed by atoms with Crippen LogP contribution in [-0.4, -0.2) is 30.8 Å². The molecular weight excluding hydrogens is 278 g/mol. The molecule has 1 amide bonds. The zero-order valence-corrected chi connectivity index (χ0v) is 12.5. The number of ether oxygens (including phenoxy) is 1. The highest BCUT2D eigenvalue weighted by Crippen LogP contribution is 2.22. The highest BCUT2D eigenvalue weighted by molar-refractivity contribution is 5.68. The highest BCUT2D eigenvalue weighted by atomic mass is 19.1. The van der Waals surface area contributed by atoms with Crippen molar-refractivity contribution in [2.75, 3.05) is 18.0 Å². The Labute approximate surface area is 123 Å². The molecule has 1 saturated heterocycles. The summed E-state index contributed by atoms with van der Waals surface area (Å²) in [5.74, 6) is -1.21. The second kappa shape index (κ2) is 5.87. The molecule has 1 aromatic carbocycles. The second-order valence-corrected chi connectivity index (χ2v) is 6.21. The molecular formula is C15H20F2N2O2. The third kappa shape index (κ3) is 4.58. The fourth-order valence-electron chi connectivity index (χ4n) is 2.31. The van der Waals surface area contributed by atoms with E-state index in [4.69, 9.17) is 4.74 Å². The van der Waals surface area contributed by atoms with Gasteiger partial charge in [-0.15, -0.1) is 0 Å². The van der Waals surface area contributed by atoms with E-state index >= 15 is 0 Å². The van der Waals surface area contributed by atoms with Gasteiger partial charge in [-0.2, -0.15) is 0 Å². The second-order valence-electron chi connectivity index (χ2n) is 6.21. The number of hydrogen-bond donors (Lipinski definition) is 1. The van der Waals surface area contributed by atoms with Crippen LogP contribution in [0.5, 0.6) is 0 Å². The maximum atomic E-state index is 13.2. The van der Waals surface area contributed by atoms with Crippen LogP contribution in [0.25, 0.3) is 0 Å². The van der Waals surface area contributed by atoms with Crippen LogP contribution in [0.3, 0.4) is 0 Å². The van der Waals surface area contributed by atoms with E-state index in [-0.39, 0.29) is 6.04 Å². The molecule has 1 heterocycles. The monoisotopic (exact) mass is 298 g/mol. The Bertz CT molecular complexity index is 509. The average Bonchev–Trinajstić information content (AvgIpc) is 2.73. The van der Waals surface area contributed by atoms with E-state index in [0.717, 1.165) is 6.07 Å². The smallest absolute Gasteiger partial charge is 0.407 e. The quantitative estimate of drug-likeness (QED) is 0.912. The van der Waals surface area contributed by atoms with Crippen molar-refractivity contribution in [1.29, 1.82) is 0 Å². The Morgan fingerprint density at radius 2 is 1.90 bits per heavy atom. The lowest BCUT2D eigenvalue weighted by atomic mass is 10.2. The molecule has 0 bridgehead atoms. The van der Waals surface area contributed by atoms with Crippen molar-refractivity contribution in [3.63, 3.8) is 0 Å². The van der Waals surface area contributed by atoms with Gasteiger partial charge in [0.05, 0.1) is 6.04 Å². The molecule has 2 rings (SSSR count). The first-order valence-electron chi connectivity index (χ1n) is 6.93. The van der Waals surface area contributed by atoms with Gasteiger partial charge >= 0.3 is 6.09 Å². The van der Waals surface area contributed by atoms with E-state index in [1.807, 2.05) is 4.90 Å². The van der Waals surface area contributed by atoms with Crippen molar-refractivity contribution in [3.8, 4) is 0 Å². The first kappa shape index (κ1) is 15.5. The molecule has 1 atom stereocenters. The third-order valence-electron chi connectivity index (χ3n) is 3.12. The molecule has 0 aliphatic carbocycles. The van der Waals surface area contributed by atoms with Crippen molar-refractivity contribution in [2.45, 2.75) is 38.8 Å². The Morgan fingerprint density at radius 3 is 2.48 bits per heavy atom. The van der Waals surface area contributed by atoms with Gasteiger partial charge in [0.1, 0.15) is 17.2 Å². The summed E-state index contributed by atoms with van der Waals surface area (Å²) in [5.41, 5.74) is -0.0605. The van der Waals surface area contributed by atoms with Crippen LogP contribution in [0.1, 0.15) is 27.2 Å². The fraction of sp³-hybridized carbons (Fsp3) is 0.533. The molecule has 0 aromatic heterocycles. The van der Waals surface area contributed by atoms with Gasteiger partial charge in [0.15, 0.2) is 0 Å². The number of rotatable bonds is 2. The van der Waals surface area contributed by atoms with Gasteiger partial charge in [-0.05, 0) is 39.3 Å². The maximum Gasteiger partial charge on any atom is 0.407 e. The number of benzene rings is 1. The molecule has 1 fully saturated rings. The third-order valence-corrected chi connectivity index (χ3v) is 3.12. The number of anilines is 1. The minimum absolute atomic E-state index is 0.0915. The van der Waals surface area contributed by atoms with Crippen LogP contribution in [-0.2, 0) is 4.74 Å². The van der Waals surface area contributed by atoms with Crippen molar-refractivity contribution < 1.29 is 18.3 Å². The summed E-state index contributed by atoms with van der Waals surface area (Å²) in [6.07, 6.45) is 0.233. The average molecular weight is 298 g/mol. The standard InChI is InChI=1S/C15H20F2N2O2/c1-15(2,3)21-14(20)18-12-4-5-19(9-12)13-7-10(16)6-11(17)8-13/h6-8,12H,4-5,9H2,1-3H3,(H,18,20). The fourth-order valence-corrected chi connectivity index (χ4v) is 2.31. The molecule has 6 heteroatoms. The zero-order valence-electron chi connectivity index (χ0n) is 12.5. The molecule has 0 radical (unpaired) electrons. The summed E-state index contributed by atoms with van der Waals surface area (Å²) in [7, 11) is 0. The molecule has 21 heavy (non-hydrogen) atoms. The van der Waals surface area contributed by atoms with E-state index in [9.17, 15) is 13.6 Å². The molecule has 1 N–H and O–H groups in total. The van der Waals surface area contributed by atoms with Gasteiger partial charge in [-0.3, -0.25) is 0 Å². The lowest BCUT2D eigenvalue weighted by Crippen LogP contribution is -2.40. The topological polar surface area (TPSA) is 41.6 Å². The summed E-state index contributed by atoms with van der Waals surface area (Å²) in [6.45, 7) is 6.51. The summed E-state index contributed by atoms with van der Waals surface area (Å²) in [6, 6.07) is 3.33. The Balaban J connectivity index is 1.93. The number of amides is 1. The number of hydrogen-bond acceptors (Lipinski definition) is 3. The zero-order chi connectivity index (χ0) is 15.6. The molecule has 1 unspecified atom stereocenters. The highest BCUT2D eigenvalue weighted by Gasteiger charge is 2.26. The van der Waals surface area contributed by atoms with Crippen molar-refractivity contribution in [1.82, 2.24) is 5.32 Å². The molecule has 1 aliphatic rings. The van der Waals surface area contributed by atoms with E-state index in [1.54, 1.807) is 20.8 Å². The minimum Gasteiger partial charge on any atom is -0.444 e. The lowest BCUT2D eigenvalue weighted by Gasteiger charge is -2.22. The van der Waals surface area contributed by atoms with Crippen LogP contribution >= 0.6 is 0 Å². The van der Waals surface area contributed by atoms with Gasteiger partial charge < -0.3 is 15.0 Å². The maximum absolute atomic E-state index is 13.2. The van der Waals surface area contributed by atoms with Gasteiger partial charge in [-0.25, -0.2) is 13.6 Å². The van der Waals surface area contributed by atoms with E-state index in [2.05, 4.69) is 5.32 Å². The predicted molar refractivity (Wildman–Crippen MR) is 76.3 cm³/mol. The summed E-state index contributed by atoms with van der Waals surface area (Å²) < 4.78 is 31.6. The molecule has 1 aromatic rings. The first-order chi connectivity index (χ1) is 9.73. The Hall–Kier alpha value is -1.85. The molecule has 0 spiro atoms. The minimum atomic E-state index is -0.603. The van der Waals surface area contributed by atoms with Crippen molar-refractivity contribution >= 4 is 11.8 Å². The van der Waals surface area contributed by atoms with E-state index in [1.165, 1.54) is 12.1 Å². The predicted octanol–water partition coefficient (Wildman–Crippen LogP) is 3.07. The lowest BCUT2D eigenvalue weighted by molar-refractivity contribution is 0.0509. The number of carbonyl (C=O) groups is 1.